The van der Waals surface area contributed by atoms with Crippen LogP contribution in [-0.2, 0) is 16.4 Å². The molecule has 0 fully saturated rings. The molecule has 4 rings (SSSR count). The van der Waals surface area contributed by atoms with Crippen molar-refractivity contribution in [1.29, 1.82) is 0 Å². The van der Waals surface area contributed by atoms with Gasteiger partial charge in [0.25, 0.3) is 10.0 Å². The van der Waals surface area contributed by atoms with Crippen molar-refractivity contribution >= 4 is 32.0 Å². The number of aryl methyl sites for hydroxylation is 2. The Labute approximate surface area is 167 Å². The number of benzene rings is 2. The minimum atomic E-state index is -3.72. The molecule has 0 aliphatic heterocycles. The van der Waals surface area contributed by atoms with Crippen LogP contribution in [0.5, 0.6) is 0 Å². The topological polar surface area (TPSA) is 80.5 Å². The van der Waals surface area contributed by atoms with Crippen molar-refractivity contribution in [2.75, 3.05) is 10.8 Å². The highest BCUT2D eigenvalue weighted by Gasteiger charge is 2.25. The van der Waals surface area contributed by atoms with Gasteiger partial charge >= 0.3 is 0 Å². The second-order valence-electron chi connectivity index (χ2n) is 6.53. The van der Waals surface area contributed by atoms with Gasteiger partial charge in [0, 0.05) is 13.0 Å². The summed E-state index contributed by atoms with van der Waals surface area (Å²) in [4.78, 5) is 0.956. The molecule has 0 bridgehead atoms. The quantitative estimate of drug-likeness (QED) is 0.485. The van der Waals surface area contributed by atoms with Gasteiger partial charge in [-0.1, -0.05) is 46.7 Å². The summed E-state index contributed by atoms with van der Waals surface area (Å²) in [6.45, 7) is 4.13. The molecule has 0 saturated carbocycles. The van der Waals surface area contributed by atoms with Crippen LogP contribution in [0.3, 0.4) is 0 Å². The molecule has 2 heterocycles. The summed E-state index contributed by atoms with van der Waals surface area (Å²) in [5, 5.41) is 12.4. The fourth-order valence-corrected chi connectivity index (χ4v) is 4.94. The third-order valence-corrected chi connectivity index (χ3v) is 6.97. The summed E-state index contributed by atoms with van der Waals surface area (Å²) in [6, 6.07) is 14.3. The zero-order valence-corrected chi connectivity index (χ0v) is 17.1. The monoisotopic (exact) mass is 413 g/mol. The van der Waals surface area contributed by atoms with Crippen molar-refractivity contribution in [2.45, 2.75) is 25.2 Å². The number of sulfonamides is 1. The van der Waals surface area contributed by atoms with Gasteiger partial charge in [-0.25, -0.2) is 8.42 Å². The molecule has 0 spiro atoms. The largest absolute Gasteiger partial charge is 0.266 e. The van der Waals surface area contributed by atoms with E-state index in [4.69, 9.17) is 0 Å². The van der Waals surface area contributed by atoms with Crippen LogP contribution < -0.4 is 4.31 Å². The molecule has 0 atom stereocenters. The highest BCUT2D eigenvalue weighted by Crippen LogP contribution is 2.25. The zero-order valence-electron chi connectivity index (χ0n) is 15.5. The summed E-state index contributed by atoms with van der Waals surface area (Å²) >= 11 is 1.39. The molecule has 0 amide bonds. The van der Waals surface area contributed by atoms with Gasteiger partial charge < -0.3 is 0 Å². The fraction of sp³-hybridized carbons (Fsp3) is 0.211. The average molecular weight is 414 g/mol. The van der Waals surface area contributed by atoms with Gasteiger partial charge in [-0.05, 0) is 38.1 Å². The third kappa shape index (κ3) is 3.50. The number of rotatable bonds is 6. The predicted molar refractivity (Wildman–Crippen MR) is 109 cm³/mol. The second-order valence-corrected chi connectivity index (χ2v) is 9.20. The van der Waals surface area contributed by atoms with Crippen LogP contribution in [-0.4, -0.2) is 34.8 Å². The molecular weight excluding hydrogens is 394 g/mol. The summed E-state index contributed by atoms with van der Waals surface area (Å²) in [7, 11) is -3.72. The number of nitrogens with zero attached hydrogens (tertiary/aromatic N) is 5. The van der Waals surface area contributed by atoms with Crippen molar-refractivity contribution in [2.24, 2.45) is 0 Å². The Kier molecular flexibility index (Phi) is 4.86. The van der Waals surface area contributed by atoms with E-state index in [-0.39, 0.29) is 11.4 Å². The van der Waals surface area contributed by atoms with E-state index in [2.05, 4.69) is 15.3 Å². The van der Waals surface area contributed by atoms with E-state index in [0.29, 0.717) is 22.9 Å². The maximum atomic E-state index is 13.4. The van der Waals surface area contributed by atoms with Crippen LogP contribution in [0.1, 0.15) is 17.0 Å². The summed E-state index contributed by atoms with van der Waals surface area (Å²) in [5.74, 6) is 0.632. The number of aromatic nitrogens is 4. The molecular formula is C19H19N5O2S2. The van der Waals surface area contributed by atoms with Crippen molar-refractivity contribution in [3.8, 4) is 0 Å². The first kappa shape index (κ1) is 18.6. The SMILES string of the molecule is Cc1ccc(N(CCc2nnc3scnn23)S(=O)(=O)c2ccc(C)cc2)cc1. The number of hydrogen-bond donors (Lipinski definition) is 0. The van der Waals surface area contributed by atoms with Gasteiger partial charge in [-0.3, -0.25) is 4.31 Å². The first-order valence-electron chi connectivity index (χ1n) is 8.75. The second kappa shape index (κ2) is 7.33. The van der Waals surface area contributed by atoms with Crippen LogP contribution in [0.15, 0.2) is 58.9 Å². The fourth-order valence-electron chi connectivity index (χ4n) is 2.90. The van der Waals surface area contributed by atoms with Crippen molar-refractivity contribution < 1.29 is 8.42 Å². The summed E-state index contributed by atoms with van der Waals surface area (Å²) in [5.41, 5.74) is 4.38. The normalized spacial score (nSPS) is 11.8. The standard InChI is InChI=1S/C19H19N5O2S2/c1-14-3-7-16(8-4-14)23(28(25,26)17-9-5-15(2)6-10-17)12-11-18-21-22-19-24(18)20-13-27-19/h3-10,13H,11-12H2,1-2H3. The van der Waals surface area contributed by atoms with Gasteiger partial charge in [0.1, 0.15) is 5.51 Å². The highest BCUT2D eigenvalue weighted by molar-refractivity contribution is 7.92. The first-order valence-corrected chi connectivity index (χ1v) is 11.1. The van der Waals surface area contributed by atoms with Crippen LogP contribution in [0.25, 0.3) is 4.96 Å². The molecule has 0 saturated heterocycles. The Morgan fingerprint density at radius 3 is 2.29 bits per heavy atom. The van der Waals surface area contributed by atoms with E-state index in [1.165, 1.54) is 15.6 Å². The molecule has 4 aromatic rings. The van der Waals surface area contributed by atoms with Gasteiger partial charge in [-0.2, -0.15) is 9.61 Å². The van der Waals surface area contributed by atoms with Gasteiger partial charge in [-0.15, -0.1) is 10.2 Å². The van der Waals surface area contributed by atoms with E-state index in [1.54, 1.807) is 34.3 Å². The van der Waals surface area contributed by atoms with E-state index in [9.17, 15) is 8.42 Å². The lowest BCUT2D eigenvalue weighted by Gasteiger charge is -2.24. The van der Waals surface area contributed by atoms with Crippen LogP contribution in [0.4, 0.5) is 5.69 Å². The third-order valence-electron chi connectivity index (χ3n) is 4.47. The predicted octanol–water partition coefficient (Wildman–Crippen LogP) is 3.24. The van der Waals surface area contributed by atoms with Gasteiger partial charge in [0.05, 0.1) is 10.6 Å². The highest BCUT2D eigenvalue weighted by atomic mass is 32.2. The van der Waals surface area contributed by atoms with Crippen molar-refractivity contribution in [3.05, 3.63) is 71.0 Å². The average Bonchev–Trinajstić information content (AvgIpc) is 3.28. The summed E-state index contributed by atoms with van der Waals surface area (Å²) in [6.07, 6.45) is 0.393. The molecule has 144 valence electrons. The van der Waals surface area contributed by atoms with Crippen LogP contribution >= 0.6 is 11.3 Å². The Hall–Kier alpha value is -2.78. The van der Waals surface area contributed by atoms with E-state index in [0.717, 1.165) is 11.1 Å². The maximum Gasteiger partial charge on any atom is 0.264 e. The molecule has 0 aliphatic rings. The van der Waals surface area contributed by atoms with E-state index >= 15 is 0 Å². The molecule has 28 heavy (non-hydrogen) atoms. The Morgan fingerprint density at radius 2 is 1.61 bits per heavy atom. The Morgan fingerprint density at radius 1 is 0.964 bits per heavy atom. The lowest BCUT2D eigenvalue weighted by molar-refractivity contribution is 0.589. The smallest absolute Gasteiger partial charge is 0.264 e. The van der Waals surface area contributed by atoms with Gasteiger partial charge in [0.2, 0.25) is 4.96 Å². The molecule has 2 aromatic carbocycles. The van der Waals surface area contributed by atoms with Crippen LogP contribution in [0, 0.1) is 13.8 Å². The molecule has 0 unspecified atom stereocenters. The molecule has 0 radical (unpaired) electrons. The number of hydrogen-bond acceptors (Lipinski definition) is 6. The number of anilines is 1. The van der Waals surface area contributed by atoms with Gasteiger partial charge in [0.15, 0.2) is 5.82 Å². The first-order chi connectivity index (χ1) is 13.4. The Balaban J connectivity index is 1.70. The maximum absolute atomic E-state index is 13.4. The minimum Gasteiger partial charge on any atom is -0.266 e. The Bertz CT molecular complexity index is 1200. The van der Waals surface area contributed by atoms with Crippen LogP contribution in [0.2, 0.25) is 0 Å². The van der Waals surface area contributed by atoms with E-state index in [1.807, 2.05) is 38.1 Å². The lowest BCUT2D eigenvalue weighted by atomic mass is 10.2. The molecule has 0 N–H and O–H groups in total. The summed E-state index contributed by atoms with van der Waals surface area (Å²) < 4.78 is 29.8. The molecule has 9 heteroatoms. The molecule has 0 aliphatic carbocycles. The molecule has 2 aromatic heterocycles. The van der Waals surface area contributed by atoms with E-state index < -0.39 is 10.0 Å². The lowest BCUT2D eigenvalue weighted by Crippen LogP contribution is -2.33. The van der Waals surface area contributed by atoms with Crippen molar-refractivity contribution in [1.82, 2.24) is 19.8 Å². The minimum absolute atomic E-state index is 0.234. The zero-order chi connectivity index (χ0) is 19.7. The van der Waals surface area contributed by atoms with Crippen molar-refractivity contribution in [3.63, 3.8) is 0 Å². The number of fused-ring (bicyclic) bond motifs is 1. The molecule has 7 nitrogen and oxygen atoms in total.